The van der Waals surface area contributed by atoms with Gasteiger partial charge in [0.2, 0.25) is 5.91 Å². The number of hydrogen-bond donors (Lipinski definition) is 3. The van der Waals surface area contributed by atoms with E-state index >= 15 is 0 Å². The third-order valence-electron chi connectivity index (χ3n) is 12.5. The molecule has 0 rings (SSSR count). The van der Waals surface area contributed by atoms with Gasteiger partial charge in [-0.3, -0.25) is 9.59 Å². The first-order chi connectivity index (χ1) is 31.0. The molecule has 0 spiro atoms. The Morgan fingerprint density at radius 3 is 1.35 bits per heavy atom. The first kappa shape index (κ1) is 60.8. The molecular formula is C57H105NO5. The average Bonchev–Trinajstić information content (AvgIpc) is 3.28. The molecule has 0 aromatic rings. The standard InChI is InChI=1S/C57H105NO5/c1-4-7-10-13-16-19-22-24-26-27-28-30-32-35-38-41-44-47-50-57(62)63-53(48-45-42-39-36-33-21-18-15-12-9-6-3)51-56(61)58-54(52-59)55(60)49-46-43-40-37-34-31-29-25-23-20-17-14-11-8-5-2/h9,12,15,18,21,28,30,33,53-55,59-60H,4-8,10-11,13-14,16-17,19-20,22-27,29,31-32,34-52H2,1-3H3,(H,58,61)/b12-9+,18-15+,30-28+,33-21-. The second-order valence-electron chi connectivity index (χ2n) is 18.7. The van der Waals surface area contributed by atoms with Crippen LogP contribution < -0.4 is 5.32 Å². The number of unbranched alkanes of at least 4 members (excludes halogenated alkanes) is 31. The van der Waals surface area contributed by atoms with Crippen LogP contribution in [0.15, 0.2) is 48.6 Å². The molecule has 0 saturated heterocycles. The van der Waals surface area contributed by atoms with Crippen LogP contribution in [0.4, 0.5) is 0 Å². The third-order valence-corrected chi connectivity index (χ3v) is 12.5. The molecule has 0 aliphatic carbocycles. The Balaban J connectivity index is 4.50. The molecule has 0 saturated carbocycles. The molecule has 0 aromatic carbocycles. The molecule has 3 atom stereocenters. The van der Waals surface area contributed by atoms with Crippen LogP contribution in [0, 0.1) is 0 Å². The molecular weight excluding hydrogens is 779 g/mol. The number of esters is 1. The van der Waals surface area contributed by atoms with Crippen molar-refractivity contribution >= 4 is 11.9 Å². The van der Waals surface area contributed by atoms with Crippen LogP contribution in [0.2, 0.25) is 0 Å². The van der Waals surface area contributed by atoms with Gasteiger partial charge < -0.3 is 20.3 Å². The summed E-state index contributed by atoms with van der Waals surface area (Å²) in [6.45, 7) is 6.36. The van der Waals surface area contributed by atoms with Gasteiger partial charge in [-0.2, -0.15) is 0 Å². The van der Waals surface area contributed by atoms with E-state index in [4.69, 9.17) is 4.74 Å². The number of nitrogens with one attached hydrogen (secondary N) is 1. The number of aliphatic hydroxyl groups is 2. The van der Waals surface area contributed by atoms with E-state index in [9.17, 15) is 19.8 Å². The van der Waals surface area contributed by atoms with Crippen LogP contribution in [-0.4, -0.2) is 46.9 Å². The summed E-state index contributed by atoms with van der Waals surface area (Å²) in [7, 11) is 0. The smallest absolute Gasteiger partial charge is 0.306 e. The second kappa shape index (κ2) is 50.8. The molecule has 0 fully saturated rings. The Bertz CT molecular complexity index is 1080. The summed E-state index contributed by atoms with van der Waals surface area (Å²) in [5, 5.41) is 23.8. The summed E-state index contributed by atoms with van der Waals surface area (Å²) in [4.78, 5) is 26.2. The first-order valence-corrected chi connectivity index (χ1v) is 27.4. The van der Waals surface area contributed by atoms with E-state index in [2.05, 4.69) is 68.6 Å². The number of carbonyl (C=O) groups excluding carboxylic acids is 2. The van der Waals surface area contributed by atoms with Gasteiger partial charge in [-0.1, -0.05) is 243 Å². The molecule has 0 aliphatic heterocycles. The predicted octanol–water partition coefficient (Wildman–Crippen LogP) is 16.6. The lowest BCUT2D eigenvalue weighted by molar-refractivity contribution is -0.151. The van der Waals surface area contributed by atoms with E-state index in [1.165, 1.54) is 154 Å². The Morgan fingerprint density at radius 2 is 0.873 bits per heavy atom. The van der Waals surface area contributed by atoms with E-state index in [1.807, 2.05) is 6.08 Å². The van der Waals surface area contributed by atoms with Crippen molar-refractivity contribution in [3.63, 3.8) is 0 Å². The number of rotatable bonds is 49. The van der Waals surface area contributed by atoms with Crippen molar-refractivity contribution in [3.05, 3.63) is 48.6 Å². The van der Waals surface area contributed by atoms with Crippen LogP contribution in [0.25, 0.3) is 0 Å². The van der Waals surface area contributed by atoms with E-state index < -0.39 is 18.2 Å². The van der Waals surface area contributed by atoms with Crippen molar-refractivity contribution in [3.8, 4) is 0 Å². The van der Waals surface area contributed by atoms with Gasteiger partial charge in [0.15, 0.2) is 0 Å². The molecule has 0 heterocycles. The van der Waals surface area contributed by atoms with Gasteiger partial charge >= 0.3 is 5.97 Å². The minimum atomic E-state index is -0.798. The van der Waals surface area contributed by atoms with E-state index in [0.717, 1.165) is 77.0 Å². The fourth-order valence-corrected chi connectivity index (χ4v) is 8.31. The summed E-state index contributed by atoms with van der Waals surface area (Å²) in [6, 6.07) is -0.714. The Kier molecular flexibility index (Phi) is 49.1. The second-order valence-corrected chi connectivity index (χ2v) is 18.7. The monoisotopic (exact) mass is 884 g/mol. The van der Waals surface area contributed by atoms with Crippen molar-refractivity contribution in [2.24, 2.45) is 0 Å². The molecule has 6 nitrogen and oxygen atoms in total. The van der Waals surface area contributed by atoms with Gasteiger partial charge in [0.05, 0.1) is 25.2 Å². The molecule has 1 amide bonds. The fourth-order valence-electron chi connectivity index (χ4n) is 8.31. The van der Waals surface area contributed by atoms with Crippen molar-refractivity contribution in [1.29, 1.82) is 0 Å². The summed E-state index contributed by atoms with van der Waals surface area (Å²) in [5.74, 6) is -0.512. The van der Waals surface area contributed by atoms with Crippen LogP contribution in [-0.2, 0) is 14.3 Å². The molecule has 368 valence electrons. The van der Waals surface area contributed by atoms with Crippen LogP contribution in [0.3, 0.4) is 0 Å². The minimum Gasteiger partial charge on any atom is -0.462 e. The van der Waals surface area contributed by atoms with Gasteiger partial charge in [0.1, 0.15) is 6.10 Å². The van der Waals surface area contributed by atoms with E-state index in [0.29, 0.717) is 19.3 Å². The van der Waals surface area contributed by atoms with Gasteiger partial charge in [-0.05, 0) is 70.6 Å². The maximum absolute atomic E-state index is 13.2. The van der Waals surface area contributed by atoms with Gasteiger partial charge in [0, 0.05) is 6.42 Å². The maximum Gasteiger partial charge on any atom is 0.306 e. The molecule has 0 aliphatic rings. The molecule has 3 unspecified atom stereocenters. The Labute approximate surface area is 391 Å². The third kappa shape index (κ3) is 46.2. The first-order valence-electron chi connectivity index (χ1n) is 27.4. The van der Waals surface area contributed by atoms with Crippen molar-refractivity contribution in [1.82, 2.24) is 5.32 Å². The molecule has 0 bridgehead atoms. The average molecular weight is 884 g/mol. The molecule has 63 heavy (non-hydrogen) atoms. The number of allylic oxidation sites excluding steroid dienone is 8. The van der Waals surface area contributed by atoms with Crippen molar-refractivity contribution in [2.45, 2.75) is 296 Å². The van der Waals surface area contributed by atoms with Gasteiger partial charge in [-0.25, -0.2) is 0 Å². The Hall–Kier alpha value is -2.18. The van der Waals surface area contributed by atoms with Crippen molar-refractivity contribution in [2.75, 3.05) is 6.61 Å². The summed E-state index contributed by atoms with van der Waals surface area (Å²) >= 11 is 0. The highest BCUT2D eigenvalue weighted by molar-refractivity contribution is 5.77. The number of aliphatic hydroxyl groups excluding tert-OH is 2. The summed E-state index contributed by atoms with van der Waals surface area (Å²) < 4.78 is 5.92. The van der Waals surface area contributed by atoms with Crippen LogP contribution in [0.1, 0.15) is 278 Å². The zero-order valence-electron chi connectivity index (χ0n) is 42.0. The van der Waals surface area contributed by atoms with Crippen LogP contribution >= 0.6 is 0 Å². The zero-order valence-corrected chi connectivity index (χ0v) is 42.0. The largest absolute Gasteiger partial charge is 0.462 e. The van der Waals surface area contributed by atoms with Gasteiger partial charge in [0.25, 0.3) is 0 Å². The lowest BCUT2D eigenvalue weighted by Crippen LogP contribution is -2.46. The molecule has 0 radical (unpaired) electrons. The van der Waals surface area contributed by atoms with Gasteiger partial charge in [-0.15, -0.1) is 0 Å². The molecule has 0 aromatic heterocycles. The highest BCUT2D eigenvalue weighted by Crippen LogP contribution is 2.18. The quantitative estimate of drug-likeness (QED) is 0.0245. The predicted molar refractivity (Wildman–Crippen MR) is 273 cm³/mol. The highest BCUT2D eigenvalue weighted by Gasteiger charge is 2.24. The molecule has 3 N–H and O–H groups in total. The van der Waals surface area contributed by atoms with Crippen LogP contribution in [0.5, 0.6) is 0 Å². The SMILES string of the molecule is CC/C=C/C=C/C=C\CCCCCC(CC(=O)NC(CO)C(O)CCCCCCCCCCCCCCCCC)OC(=O)CCCCCCC/C=C/CCCCCCCCCCC. The Morgan fingerprint density at radius 1 is 0.476 bits per heavy atom. The zero-order chi connectivity index (χ0) is 45.9. The summed E-state index contributed by atoms with van der Waals surface area (Å²) in [6.07, 6.45) is 61.8. The minimum absolute atomic E-state index is 0.0521. The van der Waals surface area contributed by atoms with E-state index in [1.54, 1.807) is 0 Å². The molecule has 6 heteroatoms. The number of carbonyl (C=O) groups is 2. The normalized spacial score (nSPS) is 13.5. The highest BCUT2D eigenvalue weighted by atomic mass is 16.5. The topological polar surface area (TPSA) is 95.9 Å². The van der Waals surface area contributed by atoms with Crippen molar-refractivity contribution < 1.29 is 24.5 Å². The number of hydrogen-bond acceptors (Lipinski definition) is 5. The lowest BCUT2D eigenvalue weighted by Gasteiger charge is -2.24. The lowest BCUT2D eigenvalue weighted by atomic mass is 10.0. The number of amides is 1. The maximum atomic E-state index is 13.2. The fraction of sp³-hybridized carbons (Fsp3) is 0.825. The van der Waals surface area contributed by atoms with E-state index in [-0.39, 0.29) is 24.9 Å². The number of ether oxygens (including phenoxy) is 1. The summed E-state index contributed by atoms with van der Waals surface area (Å²) in [5.41, 5.74) is 0.